The lowest BCUT2D eigenvalue weighted by Gasteiger charge is -2.32. The number of aromatic nitrogens is 1. The molecule has 0 saturated heterocycles. The number of nitrogen functional groups attached to an aromatic ring is 1. The average molecular weight is 274 g/mol. The first-order chi connectivity index (χ1) is 9.60. The van der Waals surface area contributed by atoms with Crippen LogP contribution in [0.3, 0.4) is 0 Å². The maximum Gasteiger partial charge on any atom is 0.230 e. The molecule has 3 nitrogen and oxygen atoms in total. The molecule has 2 aromatic rings. The summed E-state index contributed by atoms with van der Waals surface area (Å²) in [6.07, 6.45) is 5.85. The molecule has 1 aromatic heterocycles. The number of halogens is 1. The van der Waals surface area contributed by atoms with Gasteiger partial charge in [-0.2, -0.15) is 0 Å². The van der Waals surface area contributed by atoms with Gasteiger partial charge in [-0.15, -0.1) is 0 Å². The molecule has 1 fully saturated rings. The summed E-state index contributed by atoms with van der Waals surface area (Å²) >= 11 is 0. The van der Waals surface area contributed by atoms with E-state index in [-0.39, 0.29) is 11.2 Å². The number of benzene rings is 1. The number of nitrogens with zero attached hydrogens (tertiary/aromatic N) is 1. The minimum atomic E-state index is -0.255. The second-order valence-electron chi connectivity index (χ2n) is 5.90. The second kappa shape index (κ2) is 4.93. The predicted molar refractivity (Wildman–Crippen MR) is 76.7 cm³/mol. The molecule has 0 unspecified atom stereocenters. The Morgan fingerprint density at radius 1 is 1.15 bits per heavy atom. The third-order valence-electron chi connectivity index (χ3n) is 4.38. The molecular weight excluding hydrogens is 255 g/mol. The fourth-order valence-electron chi connectivity index (χ4n) is 3.18. The van der Waals surface area contributed by atoms with Gasteiger partial charge >= 0.3 is 0 Å². The molecule has 3 rings (SSSR count). The van der Waals surface area contributed by atoms with Crippen LogP contribution in [0.1, 0.15) is 44.7 Å². The highest BCUT2D eigenvalue weighted by molar-refractivity contribution is 5.76. The van der Waals surface area contributed by atoms with Crippen LogP contribution in [0.4, 0.5) is 10.3 Å². The topological polar surface area (TPSA) is 52.0 Å². The van der Waals surface area contributed by atoms with Crippen molar-refractivity contribution in [1.29, 1.82) is 0 Å². The van der Waals surface area contributed by atoms with Crippen molar-refractivity contribution in [3.8, 4) is 11.1 Å². The van der Waals surface area contributed by atoms with E-state index in [2.05, 4.69) is 12.1 Å². The quantitative estimate of drug-likeness (QED) is 0.889. The van der Waals surface area contributed by atoms with Crippen molar-refractivity contribution in [2.75, 3.05) is 5.73 Å². The Bertz CT molecular complexity index is 597. The van der Waals surface area contributed by atoms with Crippen LogP contribution < -0.4 is 5.73 Å². The van der Waals surface area contributed by atoms with Crippen LogP contribution in [0.5, 0.6) is 0 Å². The Labute approximate surface area is 118 Å². The molecule has 1 aliphatic rings. The van der Waals surface area contributed by atoms with Gasteiger partial charge in [0.2, 0.25) is 5.88 Å². The zero-order valence-corrected chi connectivity index (χ0v) is 11.7. The third-order valence-corrected chi connectivity index (χ3v) is 4.38. The van der Waals surface area contributed by atoms with Crippen LogP contribution >= 0.6 is 0 Å². The highest BCUT2D eigenvalue weighted by atomic mass is 19.1. The van der Waals surface area contributed by atoms with Crippen molar-refractivity contribution in [1.82, 2.24) is 5.16 Å². The minimum Gasteiger partial charge on any atom is -0.367 e. The molecule has 20 heavy (non-hydrogen) atoms. The summed E-state index contributed by atoms with van der Waals surface area (Å²) in [4.78, 5) is 0. The van der Waals surface area contributed by atoms with Crippen molar-refractivity contribution in [2.45, 2.75) is 44.4 Å². The molecule has 2 N–H and O–H groups in total. The third kappa shape index (κ3) is 2.19. The molecule has 1 aromatic carbocycles. The van der Waals surface area contributed by atoms with Gasteiger partial charge in [0.15, 0.2) is 0 Å². The predicted octanol–water partition coefficient (Wildman–Crippen LogP) is 4.28. The lowest BCUT2D eigenvalue weighted by molar-refractivity contribution is 0.295. The van der Waals surface area contributed by atoms with Crippen LogP contribution in [-0.2, 0) is 5.41 Å². The van der Waals surface area contributed by atoms with E-state index in [1.165, 1.54) is 31.4 Å². The largest absolute Gasteiger partial charge is 0.367 e. The number of nitrogens with two attached hydrogens (primary N) is 1. The van der Waals surface area contributed by atoms with E-state index in [1.54, 1.807) is 12.1 Å². The van der Waals surface area contributed by atoms with Gasteiger partial charge in [-0.05, 0) is 30.5 Å². The molecule has 1 heterocycles. The molecule has 0 atom stereocenters. The smallest absolute Gasteiger partial charge is 0.230 e. The Morgan fingerprint density at radius 2 is 1.80 bits per heavy atom. The number of anilines is 1. The zero-order chi connectivity index (χ0) is 14.2. The molecule has 0 radical (unpaired) electrons. The first-order valence-corrected chi connectivity index (χ1v) is 7.12. The summed E-state index contributed by atoms with van der Waals surface area (Å²) in [6, 6.07) is 6.34. The minimum absolute atomic E-state index is 0.00306. The van der Waals surface area contributed by atoms with Crippen LogP contribution in [-0.4, -0.2) is 5.16 Å². The SMILES string of the molecule is CC1(c2noc(N)c2-c2ccc(F)cc2)CCCCC1. The van der Waals surface area contributed by atoms with Crippen molar-refractivity contribution in [2.24, 2.45) is 0 Å². The first-order valence-electron chi connectivity index (χ1n) is 7.12. The lowest BCUT2D eigenvalue weighted by atomic mass is 9.72. The summed E-state index contributed by atoms with van der Waals surface area (Å²) in [7, 11) is 0. The van der Waals surface area contributed by atoms with Crippen molar-refractivity contribution < 1.29 is 8.91 Å². The van der Waals surface area contributed by atoms with E-state index in [9.17, 15) is 4.39 Å². The maximum absolute atomic E-state index is 13.1. The molecule has 1 saturated carbocycles. The van der Waals surface area contributed by atoms with Crippen molar-refractivity contribution in [3.63, 3.8) is 0 Å². The van der Waals surface area contributed by atoms with Gasteiger partial charge in [0, 0.05) is 5.41 Å². The molecule has 0 aliphatic heterocycles. The Balaban J connectivity index is 2.07. The molecule has 0 spiro atoms. The summed E-state index contributed by atoms with van der Waals surface area (Å²) in [5.41, 5.74) is 8.57. The van der Waals surface area contributed by atoms with Gasteiger partial charge in [-0.25, -0.2) is 4.39 Å². The molecule has 0 amide bonds. The van der Waals surface area contributed by atoms with Crippen LogP contribution in [0.25, 0.3) is 11.1 Å². The van der Waals surface area contributed by atoms with E-state index < -0.39 is 0 Å². The molecule has 106 valence electrons. The normalized spacial score (nSPS) is 18.1. The Morgan fingerprint density at radius 3 is 2.45 bits per heavy atom. The molecule has 0 bridgehead atoms. The van der Waals surface area contributed by atoms with Gasteiger partial charge in [0.05, 0.1) is 11.3 Å². The van der Waals surface area contributed by atoms with E-state index in [0.29, 0.717) is 5.88 Å². The Kier molecular flexibility index (Phi) is 3.24. The van der Waals surface area contributed by atoms with E-state index in [0.717, 1.165) is 29.7 Å². The average Bonchev–Trinajstić information content (AvgIpc) is 2.83. The van der Waals surface area contributed by atoms with Crippen LogP contribution in [0, 0.1) is 5.82 Å². The molecular formula is C16H19FN2O. The van der Waals surface area contributed by atoms with E-state index in [1.807, 2.05) is 0 Å². The molecule has 1 aliphatic carbocycles. The molecule has 4 heteroatoms. The van der Waals surface area contributed by atoms with E-state index in [4.69, 9.17) is 10.3 Å². The van der Waals surface area contributed by atoms with Crippen molar-refractivity contribution >= 4 is 5.88 Å². The van der Waals surface area contributed by atoms with Crippen molar-refractivity contribution in [3.05, 3.63) is 35.8 Å². The summed E-state index contributed by atoms with van der Waals surface area (Å²) in [5, 5.41) is 4.22. The first kappa shape index (κ1) is 13.2. The monoisotopic (exact) mass is 274 g/mol. The van der Waals surface area contributed by atoms with E-state index >= 15 is 0 Å². The maximum atomic E-state index is 13.1. The lowest BCUT2D eigenvalue weighted by Crippen LogP contribution is -2.26. The standard InChI is InChI=1S/C16H19FN2O/c1-16(9-3-2-4-10-16)14-13(15(18)20-19-14)11-5-7-12(17)8-6-11/h5-8H,2-4,9-10,18H2,1H3. The van der Waals surface area contributed by atoms with Gasteiger partial charge in [0.1, 0.15) is 5.82 Å². The summed E-state index contributed by atoms with van der Waals surface area (Å²) in [5.74, 6) is 0.0626. The van der Waals surface area contributed by atoms with Crippen LogP contribution in [0.2, 0.25) is 0 Å². The number of rotatable bonds is 2. The van der Waals surface area contributed by atoms with Gasteiger partial charge < -0.3 is 10.3 Å². The summed E-state index contributed by atoms with van der Waals surface area (Å²) < 4.78 is 18.3. The fourth-order valence-corrected chi connectivity index (χ4v) is 3.18. The van der Waals surface area contributed by atoms with Gasteiger partial charge in [-0.3, -0.25) is 0 Å². The zero-order valence-electron chi connectivity index (χ0n) is 11.7. The second-order valence-corrected chi connectivity index (χ2v) is 5.90. The summed E-state index contributed by atoms with van der Waals surface area (Å²) in [6.45, 7) is 2.22. The fraction of sp³-hybridized carbons (Fsp3) is 0.438. The number of hydrogen-bond acceptors (Lipinski definition) is 3. The highest BCUT2D eigenvalue weighted by Crippen LogP contribution is 2.44. The van der Waals surface area contributed by atoms with Gasteiger partial charge in [0.25, 0.3) is 0 Å². The Hall–Kier alpha value is -1.84. The highest BCUT2D eigenvalue weighted by Gasteiger charge is 2.35. The van der Waals surface area contributed by atoms with Crippen LogP contribution in [0.15, 0.2) is 28.8 Å². The van der Waals surface area contributed by atoms with Gasteiger partial charge in [-0.1, -0.05) is 43.5 Å². The number of hydrogen-bond donors (Lipinski definition) is 1.